The van der Waals surface area contributed by atoms with Crippen molar-refractivity contribution in [2.24, 2.45) is 0 Å². The van der Waals surface area contributed by atoms with E-state index in [-0.39, 0.29) is 5.91 Å². The highest BCUT2D eigenvalue weighted by molar-refractivity contribution is 7.80. The van der Waals surface area contributed by atoms with E-state index in [0.717, 1.165) is 17.7 Å². The van der Waals surface area contributed by atoms with Crippen molar-refractivity contribution in [3.8, 4) is 5.75 Å². The van der Waals surface area contributed by atoms with E-state index in [9.17, 15) is 4.79 Å². The van der Waals surface area contributed by atoms with Crippen molar-refractivity contribution in [3.05, 3.63) is 35.5 Å². The van der Waals surface area contributed by atoms with E-state index in [2.05, 4.69) is 5.32 Å². The molecule has 1 fully saturated rings. The molecule has 1 N–H and O–H groups in total. The third kappa shape index (κ3) is 2.93. The van der Waals surface area contributed by atoms with Crippen LogP contribution < -0.4 is 10.1 Å². The Morgan fingerprint density at radius 2 is 2.26 bits per heavy atom. The Kier molecular flexibility index (Phi) is 4.16. The third-order valence-electron chi connectivity index (χ3n) is 2.81. The predicted molar refractivity (Wildman–Crippen MR) is 78.7 cm³/mol. The number of hydrogen-bond donors (Lipinski definition) is 1. The molecule has 0 bridgehead atoms. The lowest BCUT2D eigenvalue weighted by molar-refractivity contribution is -0.122. The molecule has 0 unspecified atom stereocenters. The second-order valence-corrected chi connectivity index (χ2v) is 4.61. The molecule has 0 atom stereocenters. The van der Waals surface area contributed by atoms with Crippen molar-refractivity contribution in [2.75, 3.05) is 13.7 Å². The SMILES string of the molecule is CCCN1C(=O)C(=Cc2cccc(OC)c2)NC1=S. The lowest BCUT2D eigenvalue weighted by Gasteiger charge is -2.11. The van der Waals surface area contributed by atoms with Crippen LogP contribution >= 0.6 is 12.2 Å². The van der Waals surface area contributed by atoms with Crippen molar-refractivity contribution >= 4 is 29.3 Å². The van der Waals surface area contributed by atoms with Gasteiger partial charge in [0, 0.05) is 6.54 Å². The number of benzene rings is 1. The van der Waals surface area contributed by atoms with Gasteiger partial charge in [-0.3, -0.25) is 9.69 Å². The quantitative estimate of drug-likeness (QED) is 0.676. The summed E-state index contributed by atoms with van der Waals surface area (Å²) in [7, 11) is 1.61. The number of thiocarbonyl (C=S) groups is 1. The maximum absolute atomic E-state index is 12.1. The van der Waals surface area contributed by atoms with Crippen LogP contribution in [0.1, 0.15) is 18.9 Å². The molecule has 1 saturated heterocycles. The molecule has 0 aromatic heterocycles. The Hall–Kier alpha value is -1.88. The van der Waals surface area contributed by atoms with E-state index in [0.29, 0.717) is 17.4 Å². The van der Waals surface area contributed by atoms with E-state index < -0.39 is 0 Å². The van der Waals surface area contributed by atoms with Gasteiger partial charge in [0.1, 0.15) is 11.4 Å². The molecule has 19 heavy (non-hydrogen) atoms. The van der Waals surface area contributed by atoms with Gasteiger partial charge in [-0.05, 0) is 42.4 Å². The zero-order valence-corrected chi connectivity index (χ0v) is 11.8. The molecule has 1 heterocycles. The Bertz CT molecular complexity index is 540. The van der Waals surface area contributed by atoms with E-state index >= 15 is 0 Å². The van der Waals surface area contributed by atoms with Crippen molar-refractivity contribution in [1.82, 2.24) is 10.2 Å². The first-order valence-electron chi connectivity index (χ1n) is 6.14. The third-order valence-corrected chi connectivity index (χ3v) is 3.14. The molecule has 5 heteroatoms. The molecule has 4 nitrogen and oxygen atoms in total. The summed E-state index contributed by atoms with van der Waals surface area (Å²) in [6.07, 6.45) is 2.66. The number of hydrogen-bond acceptors (Lipinski definition) is 3. The second kappa shape index (κ2) is 5.84. The van der Waals surface area contributed by atoms with Crippen LogP contribution in [0.5, 0.6) is 5.75 Å². The fourth-order valence-electron chi connectivity index (χ4n) is 1.90. The van der Waals surface area contributed by atoms with E-state index in [1.54, 1.807) is 18.1 Å². The average molecular weight is 276 g/mol. The number of nitrogens with one attached hydrogen (secondary N) is 1. The summed E-state index contributed by atoms with van der Waals surface area (Å²) in [5.74, 6) is 0.683. The minimum absolute atomic E-state index is 0.0744. The second-order valence-electron chi connectivity index (χ2n) is 4.22. The van der Waals surface area contributed by atoms with Gasteiger partial charge in [0.15, 0.2) is 5.11 Å². The fourth-order valence-corrected chi connectivity index (χ4v) is 2.18. The van der Waals surface area contributed by atoms with Gasteiger partial charge in [-0.1, -0.05) is 19.1 Å². The summed E-state index contributed by atoms with van der Waals surface area (Å²) in [5.41, 5.74) is 1.41. The summed E-state index contributed by atoms with van der Waals surface area (Å²) in [4.78, 5) is 13.7. The van der Waals surface area contributed by atoms with Crippen LogP contribution in [0, 0.1) is 0 Å². The van der Waals surface area contributed by atoms with Gasteiger partial charge < -0.3 is 10.1 Å². The Labute approximate surface area is 118 Å². The Balaban J connectivity index is 2.24. The van der Waals surface area contributed by atoms with Crippen molar-refractivity contribution in [2.45, 2.75) is 13.3 Å². The molecule has 0 radical (unpaired) electrons. The number of carbonyl (C=O) groups excluding carboxylic acids is 1. The lowest BCUT2D eigenvalue weighted by atomic mass is 10.2. The normalized spacial score (nSPS) is 16.9. The van der Waals surface area contributed by atoms with E-state index in [4.69, 9.17) is 17.0 Å². The first-order chi connectivity index (χ1) is 9.15. The number of ether oxygens (including phenoxy) is 1. The average Bonchev–Trinajstić information content (AvgIpc) is 2.67. The van der Waals surface area contributed by atoms with Crippen LogP contribution in [0.2, 0.25) is 0 Å². The number of rotatable bonds is 4. The summed E-state index contributed by atoms with van der Waals surface area (Å²) in [5, 5.41) is 3.43. The van der Waals surface area contributed by atoms with Crippen LogP contribution in [0.4, 0.5) is 0 Å². The minimum atomic E-state index is -0.0744. The van der Waals surface area contributed by atoms with Crippen LogP contribution in [-0.2, 0) is 4.79 Å². The highest BCUT2D eigenvalue weighted by atomic mass is 32.1. The summed E-state index contributed by atoms with van der Waals surface area (Å²) in [6, 6.07) is 7.52. The summed E-state index contributed by atoms with van der Waals surface area (Å²) in [6.45, 7) is 2.65. The number of nitrogens with zero attached hydrogens (tertiary/aromatic N) is 1. The molecule has 1 aromatic carbocycles. The molecule has 100 valence electrons. The van der Waals surface area contributed by atoms with Crippen molar-refractivity contribution < 1.29 is 9.53 Å². The molecule has 0 spiro atoms. The molecular weight excluding hydrogens is 260 g/mol. The molecule has 1 aromatic rings. The minimum Gasteiger partial charge on any atom is -0.497 e. The maximum Gasteiger partial charge on any atom is 0.276 e. The highest BCUT2D eigenvalue weighted by Gasteiger charge is 2.29. The predicted octanol–water partition coefficient (Wildman–Crippen LogP) is 2.16. The molecule has 2 rings (SSSR count). The Morgan fingerprint density at radius 1 is 1.47 bits per heavy atom. The maximum atomic E-state index is 12.1. The van der Waals surface area contributed by atoms with Gasteiger partial charge in [-0.2, -0.15) is 0 Å². The van der Waals surface area contributed by atoms with Gasteiger partial charge in [0.25, 0.3) is 5.91 Å². The summed E-state index contributed by atoms with van der Waals surface area (Å²) >= 11 is 5.15. The van der Waals surface area contributed by atoms with Gasteiger partial charge in [-0.25, -0.2) is 0 Å². The van der Waals surface area contributed by atoms with Crippen LogP contribution in [0.15, 0.2) is 30.0 Å². The molecule has 0 aliphatic carbocycles. The van der Waals surface area contributed by atoms with Gasteiger partial charge >= 0.3 is 0 Å². The van der Waals surface area contributed by atoms with Gasteiger partial charge in [0.2, 0.25) is 0 Å². The van der Waals surface area contributed by atoms with Crippen molar-refractivity contribution in [1.29, 1.82) is 0 Å². The first kappa shape index (κ1) is 13.5. The molecular formula is C14H16N2O2S. The van der Waals surface area contributed by atoms with E-state index in [1.165, 1.54) is 0 Å². The zero-order chi connectivity index (χ0) is 13.8. The summed E-state index contributed by atoms with van der Waals surface area (Å²) < 4.78 is 5.16. The topological polar surface area (TPSA) is 41.6 Å². The number of methoxy groups -OCH3 is 1. The Morgan fingerprint density at radius 3 is 2.95 bits per heavy atom. The zero-order valence-electron chi connectivity index (χ0n) is 11.0. The van der Waals surface area contributed by atoms with Crippen LogP contribution in [0.3, 0.4) is 0 Å². The monoisotopic (exact) mass is 276 g/mol. The molecule has 1 aliphatic heterocycles. The van der Waals surface area contributed by atoms with Gasteiger partial charge in [-0.15, -0.1) is 0 Å². The van der Waals surface area contributed by atoms with Crippen molar-refractivity contribution in [3.63, 3.8) is 0 Å². The highest BCUT2D eigenvalue weighted by Crippen LogP contribution is 2.18. The smallest absolute Gasteiger partial charge is 0.276 e. The van der Waals surface area contributed by atoms with Crippen LogP contribution in [-0.4, -0.2) is 29.6 Å². The molecule has 1 amide bonds. The molecule has 1 aliphatic rings. The first-order valence-corrected chi connectivity index (χ1v) is 6.55. The fraction of sp³-hybridized carbons (Fsp3) is 0.286. The van der Waals surface area contributed by atoms with Gasteiger partial charge in [0.05, 0.1) is 7.11 Å². The largest absolute Gasteiger partial charge is 0.497 e. The number of amides is 1. The standard InChI is InChI=1S/C14H16N2O2S/c1-3-7-16-13(17)12(15-14(16)19)9-10-5-4-6-11(8-10)18-2/h4-6,8-9H,3,7H2,1-2H3,(H,15,19). The van der Waals surface area contributed by atoms with E-state index in [1.807, 2.05) is 31.2 Å². The van der Waals surface area contributed by atoms with Crippen LogP contribution in [0.25, 0.3) is 6.08 Å². The lowest BCUT2D eigenvalue weighted by Crippen LogP contribution is -2.31. The number of carbonyl (C=O) groups is 1. The molecule has 0 saturated carbocycles.